The first kappa shape index (κ1) is 11.1. The number of hydrogen-bond donors (Lipinski definition) is 3. The number of amides is 1. The summed E-state index contributed by atoms with van der Waals surface area (Å²) in [5.41, 5.74) is 10.5. The molecule has 6 heteroatoms. The van der Waals surface area contributed by atoms with Gasteiger partial charge in [-0.1, -0.05) is 0 Å². The van der Waals surface area contributed by atoms with Crippen molar-refractivity contribution in [1.82, 2.24) is 5.06 Å². The van der Waals surface area contributed by atoms with E-state index in [4.69, 9.17) is 11.5 Å². The molecule has 0 aliphatic carbocycles. The van der Waals surface area contributed by atoms with Crippen LogP contribution in [-0.2, 0) is 9.59 Å². The van der Waals surface area contributed by atoms with Crippen LogP contribution in [0, 0.1) is 5.92 Å². The van der Waals surface area contributed by atoms with E-state index in [2.05, 4.69) is 0 Å². The van der Waals surface area contributed by atoms with E-state index >= 15 is 0 Å². The van der Waals surface area contributed by atoms with Gasteiger partial charge in [0, 0.05) is 12.5 Å². The predicted octanol–water partition coefficient (Wildman–Crippen LogP) is -1.53. The fourth-order valence-electron chi connectivity index (χ4n) is 1.76. The molecular formula is C8H15N3O3. The van der Waals surface area contributed by atoms with Crippen molar-refractivity contribution in [2.75, 3.05) is 6.54 Å². The normalized spacial score (nSPS) is 30.2. The Balaban J connectivity index is 2.79. The zero-order valence-corrected chi connectivity index (χ0v) is 8.01. The van der Waals surface area contributed by atoms with Crippen LogP contribution in [-0.4, -0.2) is 40.6 Å². The molecule has 0 aromatic carbocycles. The van der Waals surface area contributed by atoms with Crippen LogP contribution in [0.25, 0.3) is 0 Å². The van der Waals surface area contributed by atoms with Crippen molar-refractivity contribution in [3.63, 3.8) is 0 Å². The second kappa shape index (κ2) is 4.04. The lowest BCUT2D eigenvalue weighted by atomic mass is 9.92. The van der Waals surface area contributed by atoms with Gasteiger partial charge in [-0.2, -0.15) is 5.06 Å². The number of Topliss-reactive ketones (excluding diaryl/α,β-unsaturated/α-hetero) is 1. The molecule has 1 fully saturated rings. The molecule has 6 nitrogen and oxygen atoms in total. The molecule has 3 atom stereocenters. The highest BCUT2D eigenvalue weighted by atomic mass is 16.5. The molecule has 3 unspecified atom stereocenters. The summed E-state index contributed by atoms with van der Waals surface area (Å²) in [5, 5.41) is 10.1. The van der Waals surface area contributed by atoms with Crippen molar-refractivity contribution < 1.29 is 14.8 Å². The minimum atomic E-state index is -0.923. The highest BCUT2D eigenvalue weighted by Gasteiger charge is 2.42. The summed E-state index contributed by atoms with van der Waals surface area (Å²) in [6.07, 6.45) is 0.421. The fraction of sp³-hybridized carbons (Fsp3) is 0.750. The van der Waals surface area contributed by atoms with Crippen molar-refractivity contribution in [1.29, 1.82) is 0 Å². The van der Waals surface area contributed by atoms with Crippen LogP contribution in [0.5, 0.6) is 0 Å². The van der Waals surface area contributed by atoms with Crippen molar-refractivity contribution in [3.05, 3.63) is 0 Å². The largest absolute Gasteiger partial charge is 0.368 e. The highest BCUT2D eigenvalue weighted by Crippen LogP contribution is 2.23. The lowest BCUT2D eigenvalue weighted by molar-refractivity contribution is -0.149. The van der Waals surface area contributed by atoms with Gasteiger partial charge in [0.25, 0.3) is 0 Å². The Bertz CT molecular complexity index is 254. The zero-order chi connectivity index (χ0) is 10.9. The van der Waals surface area contributed by atoms with E-state index in [0.29, 0.717) is 6.42 Å². The summed E-state index contributed by atoms with van der Waals surface area (Å²) in [4.78, 5) is 22.5. The number of nitrogens with two attached hydrogens (primary N) is 2. The summed E-state index contributed by atoms with van der Waals surface area (Å²) < 4.78 is 0. The van der Waals surface area contributed by atoms with E-state index in [1.807, 2.05) is 0 Å². The molecule has 1 aliphatic heterocycles. The van der Waals surface area contributed by atoms with Gasteiger partial charge in [-0.15, -0.1) is 0 Å². The monoisotopic (exact) mass is 201 g/mol. The van der Waals surface area contributed by atoms with E-state index in [0.717, 1.165) is 5.06 Å². The standard InChI is InChI=1S/C8H15N3O3/c1-4(9)7(12)5-2-3-11(14)6(5)8(10)13/h4-6,14H,2-3,9H2,1H3,(H2,10,13). The van der Waals surface area contributed by atoms with Gasteiger partial charge in [-0.25, -0.2) is 0 Å². The van der Waals surface area contributed by atoms with Crippen LogP contribution in [0.4, 0.5) is 0 Å². The molecule has 0 bridgehead atoms. The van der Waals surface area contributed by atoms with Gasteiger partial charge < -0.3 is 16.7 Å². The first-order chi connectivity index (χ1) is 6.45. The molecule has 14 heavy (non-hydrogen) atoms. The number of rotatable bonds is 3. The van der Waals surface area contributed by atoms with Crippen molar-refractivity contribution in [2.45, 2.75) is 25.4 Å². The van der Waals surface area contributed by atoms with Crippen LogP contribution in [0.3, 0.4) is 0 Å². The minimum Gasteiger partial charge on any atom is -0.368 e. The topological polar surface area (TPSA) is 110 Å². The number of carbonyl (C=O) groups excluding carboxylic acids is 2. The van der Waals surface area contributed by atoms with Crippen LogP contribution in [0.1, 0.15) is 13.3 Å². The number of ketones is 1. The molecule has 0 saturated carbocycles. The smallest absolute Gasteiger partial charge is 0.237 e. The van der Waals surface area contributed by atoms with Gasteiger partial charge in [0.2, 0.25) is 5.91 Å². The summed E-state index contributed by atoms with van der Waals surface area (Å²) in [5.74, 6) is -1.49. The Morgan fingerprint density at radius 2 is 2.14 bits per heavy atom. The summed E-state index contributed by atoms with van der Waals surface area (Å²) in [6, 6.07) is -1.55. The number of hydroxylamine groups is 2. The predicted molar refractivity (Wildman–Crippen MR) is 48.2 cm³/mol. The molecule has 1 rings (SSSR count). The minimum absolute atomic E-state index is 0.231. The third-order valence-electron chi connectivity index (χ3n) is 2.48. The van der Waals surface area contributed by atoms with E-state index in [-0.39, 0.29) is 12.3 Å². The number of carbonyl (C=O) groups is 2. The Morgan fingerprint density at radius 3 is 2.57 bits per heavy atom. The maximum Gasteiger partial charge on any atom is 0.237 e. The van der Waals surface area contributed by atoms with Gasteiger partial charge in [0.15, 0.2) is 5.78 Å². The molecule has 1 saturated heterocycles. The number of hydrogen-bond acceptors (Lipinski definition) is 5. The Hall–Kier alpha value is -0.980. The summed E-state index contributed by atoms with van der Waals surface area (Å²) in [7, 11) is 0. The molecule has 1 heterocycles. The first-order valence-electron chi connectivity index (χ1n) is 4.49. The second-order valence-corrected chi connectivity index (χ2v) is 3.60. The van der Waals surface area contributed by atoms with Gasteiger partial charge in [0.1, 0.15) is 6.04 Å². The lowest BCUT2D eigenvalue weighted by Crippen LogP contribution is -2.47. The van der Waals surface area contributed by atoms with Crippen molar-refractivity contribution in [2.24, 2.45) is 17.4 Å². The van der Waals surface area contributed by atoms with E-state index in [1.165, 1.54) is 0 Å². The molecule has 0 spiro atoms. The van der Waals surface area contributed by atoms with Crippen LogP contribution < -0.4 is 11.5 Å². The molecule has 1 amide bonds. The average Bonchev–Trinajstić information content (AvgIpc) is 2.45. The quantitative estimate of drug-likeness (QED) is 0.513. The maximum atomic E-state index is 11.5. The van der Waals surface area contributed by atoms with E-state index in [1.54, 1.807) is 6.92 Å². The number of primary amides is 1. The Labute approximate surface area is 81.8 Å². The number of nitrogens with zero attached hydrogens (tertiary/aromatic N) is 1. The van der Waals surface area contributed by atoms with Gasteiger partial charge in [0.05, 0.1) is 6.04 Å². The van der Waals surface area contributed by atoms with Crippen LogP contribution in [0.15, 0.2) is 0 Å². The highest BCUT2D eigenvalue weighted by molar-refractivity contribution is 5.93. The summed E-state index contributed by atoms with van der Waals surface area (Å²) >= 11 is 0. The fourth-order valence-corrected chi connectivity index (χ4v) is 1.76. The van der Waals surface area contributed by atoms with E-state index in [9.17, 15) is 14.8 Å². The molecule has 0 radical (unpaired) electrons. The second-order valence-electron chi connectivity index (χ2n) is 3.60. The lowest BCUT2D eigenvalue weighted by Gasteiger charge is -2.20. The van der Waals surface area contributed by atoms with Crippen molar-refractivity contribution >= 4 is 11.7 Å². The van der Waals surface area contributed by atoms with Crippen molar-refractivity contribution in [3.8, 4) is 0 Å². The maximum absolute atomic E-state index is 11.5. The van der Waals surface area contributed by atoms with E-state index < -0.39 is 23.9 Å². The SMILES string of the molecule is CC(N)C(=O)C1CCN(O)C1C(N)=O. The van der Waals surface area contributed by atoms with Gasteiger partial charge in [-0.05, 0) is 13.3 Å². The van der Waals surface area contributed by atoms with Gasteiger partial charge in [-0.3, -0.25) is 9.59 Å². The summed E-state index contributed by atoms with van der Waals surface area (Å²) in [6.45, 7) is 1.83. The molecule has 5 N–H and O–H groups in total. The third kappa shape index (κ3) is 1.92. The van der Waals surface area contributed by atoms with Gasteiger partial charge >= 0.3 is 0 Å². The van der Waals surface area contributed by atoms with Crippen LogP contribution >= 0.6 is 0 Å². The zero-order valence-electron chi connectivity index (χ0n) is 8.01. The third-order valence-corrected chi connectivity index (χ3v) is 2.48. The first-order valence-corrected chi connectivity index (χ1v) is 4.49. The Morgan fingerprint density at radius 1 is 1.57 bits per heavy atom. The molecule has 1 aliphatic rings. The molecule has 0 aromatic rings. The Kier molecular flexibility index (Phi) is 3.20. The molecule has 80 valence electrons. The average molecular weight is 201 g/mol. The van der Waals surface area contributed by atoms with Crippen LogP contribution in [0.2, 0.25) is 0 Å². The molecular weight excluding hydrogens is 186 g/mol. The molecule has 0 aromatic heterocycles.